The molecule has 1 aromatic rings. The van der Waals surface area contributed by atoms with Crippen LogP contribution in [0.15, 0.2) is 18.2 Å². The van der Waals surface area contributed by atoms with Gasteiger partial charge in [-0.05, 0) is 24.6 Å². The predicted molar refractivity (Wildman–Crippen MR) is 58.0 cm³/mol. The number of nitrogens with two attached hydrogens (primary N) is 1. The topological polar surface area (TPSA) is 105 Å². The molecular weight excluding hydrogens is 212 g/mol. The van der Waals surface area contributed by atoms with Crippen molar-refractivity contribution >= 4 is 11.7 Å². The van der Waals surface area contributed by atoms with Gasteiger partial charge in [0, 0.05) is 0 Å². The fourth-order valence-corrected chi connectivity index (χ4v) is 1.25. The first-order chi connectivity index (χ1) is 7.60. The number of benzene rings is 1. The molecule has 16 heavy (non-hydrogen) atoms. The molecule has 5 N–H and O–H groups in total. The average molecular weight is 226 g/mol. The molecule has 0 radical (unpaired) electrons. The van der Waals surface area contributed by atoms with E-state index in [2.05, 4.69) is 5.43 Å². The molecule has 0 spiro atoms. The van der Waals surface area contributed by atoms with Crippen molar-refractivity contribution < 1.29 is 19.7 Å². The maximum absolute atomic E-state index is 10.6. The summed E-state index contributed by atoms with van der Waals surface area (Å²) in [4.78, 5) is 10.6. The number of carbonyl (C=O) groups is 1. The van der Waals surface area contributed by atoms with Crippen LogP contribution in [0.4, 0.5) is 5.69 Å². The lowest BCUT2D eigenvalue weighted by Gasteiger charge is -2.12. The van der Waals surface area contributed by atoms with E-state index in [0.29, 0.717) is 18.0 Å². The van der Waals surface area contributed by atoms with Crippen LogP contribution in [0.25, 0.3) is 0 Å². The number of aliphatic hydroxyl groups excluding tert-OH is 1. The van der Waals surface area contributed by atoms with E-state index < -0.39 is 12.1 Å². The molecule has 0 amide bonds. The van der Waals surface area contributed by atoms with Crippen LogP contribution in [0.2, 0.25) is 0 Å². The molecule has 88 valence electrons. The van der Waals surface area contributed by atoms with Crippen LogP contribution < -0.4 is 16.0 Å². The summed E-state index contributed by atoms with van der Waals surface area (Å²) in [5, 5.41) is 18.0. The van der Waals surface area contributed by atoms with Crippen LogP contribution in [0.3, 0.4) is 0 Å². The smallest absolute Gasteiger partial charge is 0.337 e. The van der Waals surface area contributed by atoms with Gasteiger partial charge in [0.2, 0.25) is 0 Å². The Morgan fingerprint density at radius 3 is 2.81 bits per heavy atom. The number of carboxylic acid groups (broad SMARTS) is 1. The van der Waals surface area contributed by atoms with E-state index in [1.807, 2.05) is 0 Å². The number of carboxylic acids is 1. The van der Waals surface area contributed by atoms with E-state index in [4.69, 9.17) is 15.7 Å². The summed E-state index contributed by atoms with van der Waals surface area (Å²) >= 11 is 0. The molecule has 0 saturated heterocycles. The monoisotopic (exact) mass is 226 g/mol. The summed E-state index contributed by atoms with van der Waals surface area (Å²) in [5.41, 5.74) is 3.20. The Bertz CT molecular complexity index is 381. The molecule has 1 unspecified atom stereocenters. The van der Waals surface area contributed by atoms with Crippen molar-refractivity contribution in [2.45, 2.75) is 13.0 Å². The lowest BCUT2D eigenvalue weighted by Crippen LogP contribution is -2.12. The molecule has 0 bridgehead atoms. The third kappa shape index (κ3) is 2.62. The zero-order valence-electron chi connectivity index (χ0n) is 8.80. The van der Waals surface area contributed by atoms with Crippen LogP contribution in [0.5, 0.6) is 5.75 Å². The van der Waals surface area contributed by atoms with Gasteiger partial charge in [-0.1, -0.05) is 6.07 Å². The van der Waals surface area contributed by atoms with Crippen LogP contribution in [-0.2, 0) is 4.79 Å². The van der Waals surface area contributed by atoms with E-state index in [-0.39, 0.29) is 5.56 Å². The molecule has 0 aliphatic carbocycles. The van der Waals surface area contributed by atoms with Gasteiger partial charge < -0.3 is 20.4 Å². The highest BCUT2D eigenvalue weighted by molar-refractivity contribution is 5.75. The number of rotatable bonds is 5. The molecule has 0 aliphatic rings. The third-order valence-electron chi connectivity index (χ3n) is 2.01. The van der Waals surface area contributed by atoms with Crippen molar-refractivity contribution in [2.24, 2.45) is 5.84 Å². The van der Waals surface area contributed by atoms with Gasteiger partial charge in [0.05, 0.1) is 12.3 Å². The van der Waals surface area contributed by atoms with Crippen molar-refractivity contribution in [3.05, 3.63) is 23.8 Å². The summed E-state index contributed by atoms with van der Waals surface area (Å²) in [7, 11) is 0. The first kappa shape index (κ1) is 12.3. The van der Waals surface area contributed by atoms with E-state index in [9.17, 15) is 9.90 Å². The first-order valence-corrected chi connectivity index (χ1v) is 4.74. The van der Waals surface area contributed by atoms with Crippen molar-refractivity contribution in [1.82, 2.24) is 0 Å². The summed E-state index contributed by atoms with van der Waals surface area (Å²) in [6.07, 6.45) is -1.56. The highest BCUT2D eigenvalue weighted by Crippen LogP contribution is 2.27. The fourth-order valence-electron chi connectivity index (χ4n) is 1.25. The summed E-state index contributed by atoms with van der Waals surface area (Å²) in [6.45, 7) is 2.21. The lowest BCUT2D eigenvalue weighted by molar-refractivity contribution is -0.146. The van der Waals surface area contributed by atoms with Gasteiger partial charge in [-0.15, -0.1) is 0 Å². The number of hydrogen-bond acceptors (Lipinski definition) is 5. The normalized spacial score (nSPS) is 11.9. The molecular formula is C10H14N2O4. The maximum Gasteiger partial charge on any atom is 0.337 e. The minimum Gasteiger partial charge on any atom is -0.492 e. The molecule has 0 aliphatic heterocycles. The average Bonchev–Trinajstić information content (AvgIpc) is 2.28. The Balaban J connectivity index is 3.05. The third-order valence-corrected chi connectivity index (χ3v) is 2.01. The number of ether oxygens (including phenoxy) is 1. The van der Waals surface area contributed by atoms with Gasteiger partial charge in [0.1, 0.15) is 5.75 Å². The van der Waals surface area contributed by atoms with Gasteiger partial charge in [-0.3, -0.25) is 5.84 Å². The minimum atomic E-state index is -1.56. The van der Waals surface area contributed by atoms with E-state index in [1.54, 1.807) is 13.0 Å². The van der Waals surface area contributed by atoms with Gasteiger partial charge in [0.15, 0.2) is 6.10 Å². The largest absolute Gasteiger partial charge is 0.492 e. The quantitative estimate of drug-likeness (QED) is 0.430. The zero-order chi connectivity index (χ0) is 12.1. The van der Waals surface area contributed by atoms with Crippen LogP contribution in [-0.4, -0.2) is 22.8 Å². The van der Waals surface area contributed by atoms with Crippen molar-refractivity contribution in [3.63, 3.8) is 0 Å². The number of hydrogen-bond donors (Lipinski definition) is 4. The van der Waals surface area contributed by atoms with Crippen LogP contribution >= 0.6 is 0 Å². The maximum atomic E-state index is 10.6. The van der Waals surface area contributed by atoms with E-state index in [0.717, 1.165) is 0 Å². The standard InChI is InChI=1S/C10H14N2O4/c1-2-16-8-5-6(9(13)10(14)15)3-4-7(8)12-11/h3-5,9,12-13H,2,11H2,1H3,(H,14,15). The van der Waals surface area contributed by atoms with Crippen LogP contribution in [0.1, 0.15) is 18.6 Å². The lowest BCUT2D eigenvalue weighted by atomic mass is 10.1. The molecule has 0 fully saturated rings. The number of hydrazine groups is 1. The summed E-state index contributed by atoms with van der Waals surface area (Å²) in [6, 6.07) is 4.46. The second-order valence-corrected chi connectivity index (χ2v) is 3.07. The van der Waals surface area contributed by atoms with Crippen LogP contribution in [0, 0.1) is 0 Å². The second kappa shape index (κ2) is 5.34. The van der Waals surface area contributed by atoms with Crippen molar-refractivity contribution in [2.75, 3.05) is 12.0 Å². The molecule has 1 rings (SSSR count). The molecule has 0 aromatic heterocycles. The predicted octanol–water partition coefficient (Wildman–Crippen LogP) is 0.489. The molecule has 0 heterocycles. The van der Waals surface area contributed by atoms with E-state index in [1.165, 1.54) is 12.1 Å². The number of nitrogens with one attached hydrogen (secondary N) is 1. The second-order valence-electron chi connectivity index (χ2n) is 3.07. The number of nitrogen functional groups attached to an aromatic ring is 1. The van der Waals surface area contributed by atoms with Gasteiger partial charge in [-0.2, -0.15) is 0 Å². The summed E-state index contributed by atoms with van der Waals surface area (Å²) in [5.74, 6) is 4.35. The Kier molecular flexibility index (Phi) is 4.10. The van der Waals surface area contributed by atoms with Crippen molar-refractivity contribution in [1.29, 1.82) is 0 Å². The number of anilines is 1. The number of aliphatic carboxylic acids is 1. The molecule has 6 heteroatoms. The summed E-state index contributed by atoms with van der Waals surface area (Å²) < 4.78 is 5.25. The zero-order valence-corrected chi connectivity index (χ0v) is 8.80. The van der Waals surface area contributed by atoms with Crippen molar-refractivity contribution in [3.8, 4) is 5.75 Å². The Morgan fingerprint density at radius 2 is 2.31 bits per heavy atom. The Labute approximate surface area is 92.6 Å². The molecule has 6 nitrogen and oxygen atoms in total. The minimum absolute atomic E-state index is 0.245. The SMILES string of the molecule is CCOc1cc(C(O)C(=O)O)ccc1NN. The number of aliphatic hydroxyl groups is 1. The van der Waals surface area contributed by atoms with Gasteiger partial charge in [0.25, 0.3) is 0 Å². The van der Waals surface area contributed by atoms with Gasteiger partial charge >= 0.3 is 5.97 Å². The van der Waals surface area contributed by atoms with Gasteiger partial charge in [-0.25, -0.2) is 4.79 Å². The highest BCUT2D eigenvalue weighted by atomic mass is 16.5. The highest BCUT2D eigenvalue weighted by Gasteiger charge is 2.17. The first-order valence-electron chi connectivity index (χ1n) is 4.74. The van der Waals surface area contributed by atoms with E-state index >= 15 is 0 Å². The molecule has 1 aromatic carbocycles. The molecule has 0 saturated carbocycles. The Hall–Kier alpha value is -1.79. The fraction of sp³-hybridized carbons (Fsp3) is 0.300. The molecule has 1 atom stereocenters. The Morgan fingerprint density at radius 1 is 1.62 bits per heavy atom.